The number of pyridine rings is 1. The van der Waals surface area contributed by atoms with Gasteiger partial charge in [-0.05, 0) is 42.8 Å². The lowest BCUT2D eigenvalue weighted by Crippen LogP contribution is -1.99. The van der Waals surface area contributed by atoms with Gasteiger partial charge in [-0.2, -0.15) is 5.10 Å². The number of hydrogen-bond donors (Lipinski definition) is 0. The molecule has 0 aliphatic carbocycles. The fourth-order valence-corrected chi connectivity index (χ4v) is 1.58. The van der Waals surface area contributed by atoms with Gasteiger partial charge in [0.15, 0.2) is 5.75 Å². The molecule has 5 heteroatoms. The van der Waals surface area contributed by atoms with E-state index in [9.17, 15) is 0 Å². The fourth-order valence-electron chi connectivity index (χ4n) is 1.35. The second kappa shape index (κ2) is 4.87. The van der Waals surface area contributed by atoms with Crippen molar-refractivity contribution in [3.63, 3.8) is 0 Å². The highest BCUT2D eigenvalue weighted by molar-refractivity contribution is 9.10. The van der Waals surface area contributed by atoms with Gasteiger partial charge in [-0.1, -0.05) is 0 Å². The molecule has 0 saturated carbocycles. The van der Waals surface area contributed by atoms with Gasteiger partial charge in [0, 0.05) is 16.6 Å². The predicted molar refractivity (Wildman–Crippen MR) is 69.4 cm³/mol. The summed E-state index contributed by atoms with van der Waals surface area (Å²) in [7, 11) is 0. The Labute approximate surface area is 109 Å². The molecule has 17 heavy (non-hydrogen) atoms. The van der Waals surface area contributed by atoms with Crippen molar-refractivity contribution in [3.05, 3.63) is 34.7 Å². The van der Waals surface area contributed by atoms with Crippen LogP contribution in [0.5, 0.6) is 11.6 Å². The minimum absolute atomic E-state index is 0.326. The van der Waals surface area contributed by atoms with E-state index in [1.807, 2.05) is 29.9 Å². The first-order valence-corrected chi connectivity index (χ1v) is 6.20. The number of nitrogens with zero attached hydrogens (tertiary/aromatic N) is 3. The summed E-state index contributed by atoms with van der Waals surface area (Å²) in [5.41, 5.74) is 0.902. The summed E-state index contributed by atoms with van der Waals surface area (Å²) in [6.45, 7) is 6.06. The van der Waals surface area contributed by atoms with Crippen molar-refractivity contribution in [1.29, 1.82) is 0 Å². The van der Waals surface area contributed by atoms with Gasteiger partial charge < -0.3 is 4.74 Å². The lowest BCUT2D eigenvalue weighted by atomic mass is 10.4. The molecule has 2 rings (SSSR count). The van der Waals surface area contributed by atoms with Crippen molar-refractivity contribution in [2.45, 2.75) is 26.8 Å². The Morgan fingerprint density at radius 3 is 2.71 bits per heavy atom. The maximum atomic E-state index is 5.63. The molecule has 0 N–H and O–H groups in total. The number of halogens is 1. The first kappa shape index (κ1) is 12.1. The van der Waals surface area contributed by atoms with E-state index in [2.05, 4.69) is 39.9 Å². The Morgan fingerprint density at radius 1 is 1.35 bits per heavy atom. The van der Waals surface area contributed by atoms with E-state index in [4.69, 9.17) is 4.74 Å². The van der Waals surface area contributed by atoms with Crippen LogP contribution in [-0.4, -0.2) is 14.8 Å². The molecule has 0 radical (unpaired) electrons. The van der Waals surface area contributed by atoms with E-state index in [0.29, 0.717) is 17.7 Å². The van der Waals surface area contributed by atoms with Crippen molar-refractivity contribution in [2.75, 3.05) is 0 Å². The normalized spacial score (nSPS) is 10.9. The Bertz CT molecular complexity index is 522. The van der Waals surface area contributed by atoms with E-state index >= 15 is 0 Å². The number of hydrogen-bond acceptors (Lipinski definition) is 3. The zero-order chi connectivity index (χ0) is 12.4. The van der Waals surface area contributed by atoms with Crippen LogP contribution in [-0.2, 0) is 0 Å². The molecule has 0 aliphatic rings. The molecule has 0 bridgehead atoms. The third-order valence-electron chi connectivity index (χ3n) is 2.33. The summed E-state index contributed by atoms with van der Waals surface area (Å²) < 4.78 is 8.45. The van der Waals surface area contributed by atoms with Crippen LogP contribution in [0, 0.1) is 6.92 Å². The van der Waals surface area contributed by atoms with Crippen LogP contribution in [0.1, 0.15) is 25.6 Å². The van der Waals surface area contributed by atoms with Crippen molar-refractivity contribution in [1.82, 2.24) is 14.8 Å². The van der Waals surface area contributed by atoms with Crippen molar-refractivity contribution >= 4 is 15.9 Å². The van der Waals surface area contributed by atoms with E-state index in [1.54, 1.807) is 6.20 Å². The van der Waals surface area contributed by atoms with E-state index < -0.39 is 0 Å². The average molecular weight is 296 g/mol. The number of aromatic nitrogens is 3. The summed E-state index contributed by atoms with van der Waals surface area (Å²) in [4.78, 5) is 4.32. The Kier molecular flexibility index (Phi) is 3.47. The smallest absolute Gasteiger partial charge is 0.219 e. The van der Waals surface area contributed by atoms with Gasteiger partial charge in [0.25, 0.3) is 0 Å². The van der Waals surface area contributed by atoms with Gasteiger partial charge in [0.1, 0.15) is 0 Å². The summed E-state index contributed by atoms with van der Waals surface area (Å²) in [5, 5.41) is 4.21. The van der Waals surface area contributed by atoms with Crippen LogP contribution in [0.15, 0.2) is 29.0 Å². The summed E-state index contributed by atoms with van der Waals surface area (Å²) >= 11 is 3.40. The Balaban J connectivity index is 2.16. The molecule has 2 heterocycles. The van der Waals surface area contributed by atoms with Crippen LogP contribution in [0.25, 0.3) is 0 Å². The van der Waals surface area contributed by atoms with Crippen LogP contribution in [0.2, 0.25) is 0 Å². The van der Waals surface area contributed by atoms with Gasteiger partial charge in [-0.15, -0.1) is 0 Å². The molecule has 0 saturated heterocycles. The second-order valence-electron chi connectivity index (χ2n) is 4.07. The van der Waals surface area contributed by atoms with Gasteiger partial charge >= 0.3 is 0 Å². The lowest BCUT2D eigenvalue weighted by Gasteiger charge is -2.04. The van der Waals surface area contributed by atoms with Crippen LogP contribution < -0.4 is 4.74 Å². The minimum atomic E-state index is 0.326. The zero-order valence-corrected chi connectivity index (χ0v) is 11.6. The SMILES string of the molecule is Cc1nc(Oc2cnn(C(C)C)c2)ccc1Br. The Hall–Kier alpha value is -1.36. The topological polar surface area (TPSA) is 39.9 Å². The van der Waals surface area contributed by atoms with Crippen molar-refractivity contribution in [3.8, 4) is 11.6 Å². The molecule has 0 atom stereocenters. The summed E-state index contributed by atoms with van der Waals surface area (Å²) in [6, 6.07) is 4.07. The molecule has 4 nitrogen and oxygen atoms in total. The molecule has 0 aromatic carbocycles. The summed E-state index contributed by atoms with van der Waals surface area (Å²) in [5.74, 6) is 1.28. The molecule has 2 aromatic heterocycles. The van der Waals surface area contributed by atoms with E-state index in [-0.39, 0.29) is 0 Å². The predicted octanol–water partition coefficient (Wildman–Crippen LogP) is 3.72. The van der Waals surface area contributed by atoms with E-state index in [1.165, 1.54) is 0 Å². The van der Waals surface area contributed by atoms with Gasteiger partial charge in [-0.25, -0.2) is 4.98 Å². The highest BCUT2D eigenvalue weighted by Gasteiger charge is 2.05. The standard InChI is InChI=1S/C12H14BrN3O/c1-8(2)16-7-10(6-14-16)17-12-5-4-11(13)9(3)15-12/h4-8H,1-3H3. The zero-order valence-electron chi connectivity index (χ0n) is 10.0. The largest absolute Gasteiger partial charge is 0.436 e. The quantitative estimate of drug-likeness (QED) is 0.866. The number of ether oxygens (including phenoxy) is 1. The van der Waals surface area contributed by atoms with Crippen molar-refractivity contribution < 1.29 is 4.74 Å². The second-order valence-corrected chi connectivity index (χ2v) is 4.92. The average Bonchev–Trinajstić information content (AvgIpc) is 2.72. The molecule has 0 spiro atoms. The molecule has 0 unspecified atom stereocenters. The summed E-state index contributed by atoms with van der Waals surface area (Å²) in [6.07, 6.45) is 3.56. The van der Waals surface area contributed by atoms with Gasteiger partial charge in [-0.3, -0.25) is 4.68 Å². The molecule has 0 aliphatic heterocycles. The molecule has 2 aromatic rings. The van der Waals surface area contributed by atoms with Crippen LogP contribution in [0.3, 0.4) is 0 Å². The first-order valence-electron chi connectivity index (χ1n) is 5.41. The minimum Gasteiger partial charge on any atom is -0.436 e. The number of rotatable bonds is 3. The third kappa shape index (κ3) is 2.85. The highest BCUT2D eigenvalue weighted by Crippen LogP contribution is 2.23. The third-order valence-corrected chi connectivity index (χ3v) is 3.16. The fraction of sp³-hybridized carbons (Fsp3) is 0.333. The van der Waals surface area contributed by atoms with Gasteiger partial charge in [0.05, 0.1) is 18.1 Å². The maximum Gasteiger partial charge on any atom is 0.219 e. The monoisotopic (exact) mass is 295 g/mol. The molecular formula is C12H14BrN3O. The van der Waals surface area contributed by atoms with Crippen LogP contribution in [0.4, 0.5) is 0 Å². The van der Waals surface area contributed by atoms with Crippen molar-refractivity contribution in [2.24, 2.45) is 0 Å². The van der Waals surface area contributed by atoms with Gasteiger partial charge in [0.2, 0.25) is 5.88 Å². The molecular weight excluding hydrogens is 282 g/mol. The molecule has 90 valence electrons. The first-order chi connectivity index (χ1) is 8.06. The Morgan fingerprint density at radius 2 is 2.12 bits per heavy atom. The number of aryl methyl sites for hydroxylation is 1. The molecule has 0 amide bonds. The molecule has 0 fully saturated rings. The van der Waals surface area contributed by atoms with Crippen LogP contribution >= 0.6 is 15.9 Å². The van der Waals surface area contributed by atoms with E-state index in [0.717, 1.165) is 10.2 Å². The maximum absolute atomic E-state index is 5.63. The highest BCUT2D eigenvalue weighted by atomic mass is 79.9. The lowest BCUT2D eigenvalue weighted by molar-refractivity contribution is 0.457.